The zero-order valence-corrected chi connectivity index (χ0v) is 17.5. The van der Waals surface area contributed by atoms with Gasteiger partial charge in [-0.05, 0) is 30.7 Å². The summed E-state index contributed by atoms with van der Waals surface area (Å²) in [5.41, 5.74) is 0.896. The Kier molecular flexibility index (Phi) is 7.37. The predicted octanol–water partition coefficient (Wildman–Crippen LogP) is 4.44. The molecule has 0 fully saturated rings. The van der Waals surface area contributed by atoms with E-state index in [0.717, 1.165) is 0 Å². The Morgan fingerprint density at radius 1 is 1.27 bits per heavy atom. The molecule has 2 N–H and O–H groups in total. The number of hydrogen-bond donors (Lipinski definition) is 2. The Bertz CT molecular complexity index is 1050. The molecule has 3 rings (SSSR count). The number of aromatic nitrogens is 3. The fourth-order valence-corrected chi connectivity index (χ4v) is 2.89. The van der Waals surface area contributed by atoms with Crippen molar-refractivity contribution in [2.75, 3.05) is 24.9 Å². The molecular weight excluding hydrogens is 432 g/mol. The summed E-state index contributed by atoms with van der Waals surface area (Å²) in [6, 6.07) is 5.74. The fourth-order valence-electron chi connectivity index (χ4n) is 2.58. The number of alkyl halides is 1. The van der Waals surface area contributed by atoms with E-state index in [9.17, 15) is 9.18 Å². The number of hydrogen-bond acceptors (Lipinski definition) is 6. The van der Waals surface area contributed by atoms with Gasteiger partial charge in [0.25, 0.3) is 5.91 Å². The highest BCUT2D eigenvalue weighted by Gasteiger charge is 2.17. The number of pyridine rings is 1. The van der Waals surface area contributed by atoms with E-state index < -0.39 is 5.82 Å². The molecule has 0 bridgehead atoms. The third-order valence-corrected chi connectivity index (χ3v) is 4.56. The maximum Gasteiger partial charge on any atom is 0.254 e. The van der Waals surface area contributed by atoms with Gasteiger partial charge in [0.2, 0.25) is 0 Å². The number of nitrogens with one attached hydrogen (secondary N) is 2. The standard InChI is InChI=1S/C20H18Cl2FN5O2/c1-30-17-11-26-18(13-9-12(22)3-4-15(13)23)28-19(17)27-16-5-8-24-10-14(16)20(29)25-7-2-6-21/h3-5,8-11H,2,6-7H2,1H3,(H,25,29)(H,24,26,27,28). The quantitative estimate of drug-likeness (QED) is 0.390. The number of rotatable bonds is 8. The van der Waals surface area contributed by atoms with Crippen LogP contribution in [0, 0.1) is 5.82 Å². The van der Waals surface area contributed by atoms with Gasteiger partial charge in [0.1, 0.15) is 5.82 Å². The summed E-state index contributed by atoms with van der Waals surface area (Å²) >= 11 is 11.6. The molecule has 156 valence electrons. The van der Waals surface area contributed by atoms with Crippen molar-refractivity contribution in [1.82, 2.24) is 20.3 Å². The molecule has 0 spiro atoms. The largest absolute Gasteiger partial charge is 0.491 e. The topological polar surface area (TPSA) is 89.0 Å². The van der Waals surface area contributed by atoms with E-state index >= 15 is 0 Å². The van der Waals surface area contributed by atoms with Crippen LogP contribution in [0.2, 0.25) is 5.02 Å². The maximum absolute atomic E-state index is 14.3. The number of amides is 1. The monoisotopic (exact) mass is 449 g/mol. The van der Waals surface area contributed by atoms with Gasteiger partial charge >= 0.3 is 0 Å². The highest BCUT2D eigenvalue weighted by Crippen LogP contribution is 2.30. The van der Waals surface area contributed by atoms with Crippen LogP contribution in [0.3, 0.4) is 0 Å². The molecule has 2 aromatic heterocycles. The minimum absolute atomic E-state index is 0.112. The molecule has 0 unspecified atom stereocenters. The van der Waals surface area contributed by atoms with Crippen LogP contribution in [-0.4, -0.2) is 40.4 Å². The van der Waals surface area contributed by atoms with Gasteiger partial charge < -0.3 is 15.4 Å². The van der Waals surface area contributed by atoms with Gasteiger partial charge in [-0.25, -0.2) is 14.4 Å². The predicted molar refractivity (Wildman–Crippen MR) is 114 cm³/mol. The van der Waals surface area contributed by atoms with Crippen molar-refractivity contribution >= 4 is 40.6 Å². The number of anilines is 2. The van der Waals surface area contributed by atoms with Crippen molar-refractivity contribution < 1.29 is 13.9 Å². The molecule has 0 saturated heterocycles. The molecule has 0 saturated carbocycles. The minimum atomic E-state index is -0.515. The molecule has 0 aliphatic carbocycles. The molecule has 0 atom stereocenters. The molecule has 0 aliphatic rings. The molecule has 10 heteroatoms. The second-order valence-corrected chi connectivity index (χ2v) is 6.89. The zero-order valence-electron chi connectivity index (χ0n) is 16.0. The van der Waals surface area contributed by atoms with Gasteiger partial charge in [-0.1, -0.05) is 11.6 Å². The van der Waals surface area contributed by atoms with Gasteiger partial charge in [-0.15, -0.1) is 11.6 Å². The zero-order chi connectivity index (χ0) is 21.5. The van der Waals surface area contributed by atoms with Crippen molar-refractivity contribution in [1.29, 1.82) is 0 Å². The molecule has 1 amide bonds. The summed E-state index contributed by atoms with van der Waals surface area (Å²) in [6.07, 6.45) is 5.02. The lowest BCUT2D eigenvalue weighted by Crippen LogP contribution is -2.25. The van der Waals surface area contributed by atoms with Crippen LogP contribution in [0.15, 0.2) is 42.9 Å². The van der Waals surface area contributed by atoms with Crippen LogP contribution in [0.4, 0.5) is 15.9 Å². The van der Waals surface area contributed by atoms with Gasteiger partial charge in [0.15, 0.2) is 17.4 Å². The van der Waals surface area contributed by atoms with Crippen molar-refractivity contribution in [3.8, 4) is 17.1 Å². The third kappa shape index (κ3) is 5.14. The van der Waals surface area contributed by atoms with Crippen LogP contribution in [0.5, 0.6) is 5.75 Å². The Morgan fingerprint density at radius 2 is 2.10 bits per heavy atom. The summed E-state index contributed by atoms with van der Waals surface area (Å²) in [5, 5.41) is 6.18. The van der Waals surface area contributed by atoms with E-state index in [1.165, 1.54) is 43.9 Å². The maximum atomic E-state index is 14.3. The second kappa shape index (κ2) is 10.2. The van der Waals surface area contributed by atoms with Crippen molar-refractivity contribution in [3.63, 3.8) is 0 Å². The summed E-state index contributed by atoms with van der Waals surface area (Å²) in [6.45, 7) is 0.436. The number of halogens is 3. The van der Waals surface area contributed by atoms with Crippen LogP contribution < -0.4 is 15.4 Å². The normalized spacial score (nSPS) is 10.5. The Balaban J connectivity index is 1.95. The summed E-state index contributed by atoms with van der Waals surface area (Å²) in [5.74, 6) is 0.290. The van der Waals surface area contributed by atoms with Crippen LogP contribution in [0.25, 0.3) is 11.4 Å². The Hall–Kier alpha value is -2.97. The van der Waals surface area contributed by atoms with E-state index in [-0.39, 0.29) is 23.1 Å². The van der Waals surface area contributed by atoms with E-state index in [2.05, 4.69) is 25.6 Å². The molecular formula is C20H18Cl2FN5O2. The lowest BCUT2D eigenvalue weighted by molar-refractivity contribution is 0.0954. The van der Waals surface area contributed by atoms with Crippen LogP contribution >= 0.6 is 23.2 Å². The van der Waals surface area contributed by atoms with Crippen molar-refractivity contribution in [2.45, 2.75) is 6.42 Å². The molecule has 3 aromatic rings. The highest BCUT2D eigenvalue weighted by atomic mass is 35.5. The van der Waals surface area contributed by atoms with Gasteiger partial charge in [0, 0.05) is 29.8 Å². The number of carbonyl (C=O) groups is 1. The van der Waals surface area contributed by atoms with Crippen LogP contribution in [0.1, 0.15) is 16.8 Å². The Morgan fingerprint density at radius 3 is 2.87 bits per heavy atom. The number of benzene rings is 1. The fraction of sp³-hybridized carbons (Fsp3) is 0.200. The smallest absolute Gasteiger partial charge is 0.254 e. The molecule has 0 radical (unpaired) electrons. The first kappa shape index (κ1) is 21.7. The lowest BCUT2D eigenvalue weighted by Gasteiger charge is -2.14. The highest BCUT2D eigenvalue weighted by molar-refractivity contribution is 6.30. The van der Waals surface area contributed by atoms with Crippen molar-refractivity contribution in [3.05, 3.63) is 59.3 Å². The minimum Gasteiger partial charge on any atom is -0.491 e. The third-order valence-electron chi connectivity index (χ3n) is 4.06. The van der Waals surface area contributed by atoms with E-state index in [4.69, 9.17) is 27.9 Å². The summed E-state index contributed by atoms with van der Waals surface area (Å²) in [4.78, 5) is 25.0. The van der Waals surface area contributed by atoms with Crippen LogP contribution in [-0.2, 0) is 0 Å². The van der Waals surface area contributed by atoms with Crippen molar-refractivity contribution in [2.24, 2.45) is 0 Å². The summed E-state index contributed by atoms with van der Waals surface area (Å²) in [7, 11) is 1.45. The molecule has 1 aromatic carbocycles. The second-order valence-electron chi connectivity index (χ2n) is 6.08. The molecule has 0 aliphatic heterocycles. The average molecular weight is 450 g/mol. The SMILES string of the molecule is COc1cnc(-c2cc(Cl)ccc2F)nc1Nc1ccncc1C(=O)NCCCCl. The average Bonchev–Trinajstić information content (AvgIpc) is 2.76. The number of ether oxygens (including phenoxy) is 1. The molecule has 7 nitrogen and oxygen atoms in total. The molecule has 30 heavy (non-hydrogen) atoms. The number of methoxy groups -OCH3 is 1. The first-order valence-electron chi connectivity index (χ1n) is 8.95. The van der Waals surface area contributed by atoms with Gasteiger partial charge in [0.05, 0.1) is 30.1 Å². The Labute approximate surface area is 182 Å². The number of nitrogens with zero attached hydrogens (tertiary/aromatic N) is 3. The first-order chi connectivity index (χ1) is 14.5. The molecule has 2 heterocycles. The summed E-state index contributed by atoms with van der Waals surface area (Å²) < 4.78 is 19.6. The van der Waals surface area contributed by atoms with E-state index in [1.807, 2.05) is 0 Å². The first-order valence-corrected chi connectivity index (χ1v) is 9.86. The van der Waals surface area contributed by atoms with Gasteiger partial charge in [-0.3, -0.25) is 9.78 Å². The van der Waals surface area contributed by atoms with Gasteiger partial charge in [-0.2, -0.15) is 0 Å². The van der Waals surface area contributed by atoms with E-state index in [0.29, 0.717) is 40.9 Å². The lowest BCUT2D eigenvalue weighted by atomic mass is 10.2. The number of carbonyl (C=O) groups excluding carboxylic acids is 1. The van der Waals surface area contributed by atoms with E-state index in [1.54, 1.807) is 6.07 Å².